The molecule has 1 unspecified atom stereocenters. The molecule has 0 aliphatic carbocycles. The summed E-state index contributed by atoms with van der Waals surface area (Å²) in [5, 5.41) is 0. The van der Waals surface area contributed by atoms with Crippen LogP contribution in [0.25, 0.3) is 0 Å². The second-order valence-electron chi connectivity index (χ2n) is 5.93. The molecule has 23 heavy (non-hydrogen) atoms. The van der Waals surface area contributed by atoms with E-state index in [9.17, 15) is 4.79 Å². The summed E-state index contributed by atoms with van der Waals surface area (Å²) in [6.45, 7) is 2.74. The molecule has 1 aliphatic heterocycles. The largest absolute Gasteiger partial charge is 0.378 e. The minimum atomic E-state index is 0. The zero-order chi connectivity index (χ0) is 15.6. The first-order chi connectivity index (χ1) is 10.8. The van der Waals surface area contributed by atoms with Crippen LogP contribution in [0.3, 0.4) is 0 Å². The molecule has 1 heterocycles. The van der Waals surface area contributed by atoms with Gasteiger partial charge in [-0.15, -0.1) is 12.4 Å². The van der Waals surface area contributed by atoms with Crippen molar-refractivity contribution in [3.05, 3.63) is 35.9 Å². The van der Waals surface area contributed by atoms with E-state index in [4.69, 9.17) is 10.5 Å². The molecule has 1 saturated heterocycles. The summed E-state index contributed by atoms with van der Waals surface area (Å²) in [5.41, 5.74) is 6.91. The minimum Gasteiger partial charge on any atom is -0.378 e. The molecule has 0 radical (unpaired) electrons. The third kappa shape index (κ3) is 7.34. The quantitative estimate of drug-likeness (QED) is 0.791. The first kappa shape index (κ1) is 19.9. The Balaban J connectivity index is 0.00000264. The minimum absolute atomic E-state index is 0. The van der Waals surface area contributed by atoms with Crippen LogP contribution in [0.5, 0.6) is 0 Å². The molecule has 2 rings (SSSR count). The van der Waals surface area contributed by atoms with Crippen molar-refractivity contribution in [3.63, 3.8) is 0 Å². The predicted octanol–water partition coefficient (Wildman–Crippen LogP) is 2.79. The van der Waals surface area contributed by atoms with Gasteiger partial charge in [-0.3, -0.25) is 4.79 Å². The number of halogens is 1. The highest BCUT2D eigenvalue weighted by Crippen LogP contribution is 2.17. The van der Waals surface area contributed by atoms with Crippen LogP contribution in [0, 0.1) is 0 Å². The number of amides is 1. The Hall–Kier alpha value is -1.10. The van der Waals surface area contributed by atoms with Crippen LogP contribution in [-0.2, 0) is 16.0 Å². The van der Waals surface area contributed by atoms with Crippen molar-refractivity contribution in [2.75, 3.05) is 26.2 Å². The molecule has 1 amide bonds. The number of hydrogen-bond donors (Lipinski definition) is 1. The summed E-state index contributed by atoms with van der Waals surface area (Å²) >= 11 is 0. The summed E-state index contributed by atoms with van der Waals surface area (Å²) in [6.07, 6.45) is 6.03. The molecule has 0 saturated carbocycles. The number of ether oxygens (including phenoxy) is 1. The summed E-state index contributed by atoms with van der Waals surface area (Å²) in [5.74, 6) is 0.204. The van der Waals surface area contributed by atoms with E-state index in [1.165, 1.54) is 12.0 Å². The molecule has 1 aromatic carbocycles. The van der Waals surface area contributed by atoms with Gasteiger partial charge in [0.05, 0.1) is 6.10 Å². The van der Waals surface area contributed by atoms with E-state index >= 15 is 0 Å². The molecule has 130 valence electrons. The second-order valence-corrected chi connectivity index (χ2v) is 5.93. The van der Waals surface area contributed by atoms with Gasteiger partial charge in [-0.25, -0.2) is 0 Å². The maximum Gasteiger partial charge on any atom is 0.222 e. The van der Waals surface area contributed by atoms with Gasteiger partial charge >= 0.3 is 0 Å². The van der Waals surface area contributed by atoms with Gasteiger partial charge in [0.2, 0.25) is 5.91 Å². The number of nitrogens with zero attached hydrogens (tertiary/aromatic N) is 1. The summed E-state index contributed by atoms with van der Waals surface area (Å²) in [7, 11) is 0. The fourth-order valence-corrected chi connectivity index (χ4v) is 2.90. The van der Waals surface area contributed by atoms with E-state index in [-0.39, 0.29) is 24.4 Å². The van der Waals surface area contributed by atoms with Crippen molar-refractivity contribution in [1.29, 1.82) is 0 Å². The van der Waals surface area contributed by atoms with Crippen molar-refractivity contribution in [2.45, 2.75) is 44.6 Å². The molecule has 1 aromatic rings. The van der Waals surface area contributed by atoms with Gasteiger partial charge in [-0.2, -0.15) is 0 Å². The van der Waals surface area contributed by atoms with Crippen LogP contribution in [0.4, 0.5) is 0 Å². The predicted molar refractivity (Wildman–Crippen MR) is 95.9 cm³/mol. The van der Waals surface area contributed by atoms with Gasteiger partial charge in [-0.1, -0.05) is 30.3 Å². The number of nitrogens with two attached hydrogens (primary N) is 1. The van der Waals surface area contributed by atoms with E-state index in [1.54, 1.807) is 0 Å². The molecular formula is C18H29ClN2O2. The first-order valence-electron chi connectivity index (χ1n) is 8.43. The van der Waals surface area contributed by atoms with Crippen LogP contribution in [0.15, 0.2) is 30.3 Å². The Morgan fingerprint density at radius 2 is 2.00 bits per heavy atom. The molecular weight excluding hydrogens is 312 g/mol. The van der Waals surface area contributed by atoms with Crippen LogP contribution >= 0.6 is 12.4 Å². The highest BCUT2D eigenvalue weighted by molar-refractivity contribution is 5.85. The maximum atomic E-state index is 12.4. The number of hydrogen-bond acceptors (Lipinski definition) is 3. The third-order valence-electron chi connectivity index (χ3n) is 4.22. The highest BCUT2D eigenvalue weighted by atomic mass is 35.5. The molecule has 2 N–H and O–H groups in total. The van der Waals surface area contributed by atoms with E-state index in [0.717, 1.165) is 38.8 Å². The van der Waals surface area contributed by atoms with Gasteiger partial charge in [0.15, 0.2) is 0 Å². The lowest BCUT2D eigenvalue weighted by Crippen LogP contribution is -2.37. The monoisotopic (exact) mass is 340 g/mol. The Kier molecular flexibility index (Phi) is 9.92. The zero-order valence-electron chi connectivity index (χ0n) is 13.8. The average molecular weight is 341 g/mol. The molecule has 1 fully saturated rings. The highest BCUT2D eigenvalue weighted by Gasteiger charge is 2.18. The summed E-state index contributed by atoms with van der Waals surface area (Å²) < 4.78 is 5.70. The van der Waals surface area contributed by atoms with Crippen molar-refractivity contribution < 1.29 is 9.53 Å². The van der Waals surface area contributed by atoms with E-state index in [2.05, 4.69) is 12.1 Å². The topological polar surface area (TPSA) is 55.6 Å². The van der Waals surface area contributed by atoms with Gasteiger partial charge in [0, 0.05) is 32.7 Å². The lowest BCUT2D eigenvalue weighted by atomic mass is 10.0. The lowest BCUT2D eigenvalue weighted by molar-refractivity contribution is -0.132. The zero-order valence-corrected chi connectivity index (χ0v) is 14.6. The second kappa shape index (κ2) is 11.4. The Morgan fingerprint density at radius 3 is 2.65 bits per heavy atom. The Labute approximate surface area is 145 Å². The Bertz CT molecular complexity index is 436. The SMILES string of the molecule is Cl.NCCN(CCc1ccccc1)C(=O)CCC1CCCCO1. The fraction of sp³-hybridized carbons (Fsp3) is 0.611. The van der Waals surface area contributed by atoms with Gasteiger partial charge in [0.25, 0.3) is 0 Å². The van der Waals surface area contributed by atoms with Crippen molar-refractivity contribution in [2.24, 2.45) is 5.73 Å². The number of carbonyl (C=O) groups excluding carboxylic acids is 1. The third-order valence-corrected chi connectivity index (χ3v) is 4.22. The van der Waals surface area contributed by atoms with E-state index < -0.39 is 0 Å². The number of benzene rings is 1. The first-order valence-corrected chi connectivity index (χ1v) is 8.43. The van der Waals surface area contributed by atoms with Crippen LogP contribution in [-0.4, -0.2) is 43.2 Å². The molecule has 5 heteroatoms. The van der Waals surface area contributed by atoms with E-state index in [0.29, 0.717) is 19.5 Å². The summed E-state index contributed by atoms with van der Waals surface area (Å²) in [6, 6.07) is 10.3. The molecule has 0 spiro atoms. The summed E-state index contributed by atoms with van der Waals surface area (Å²) in [4.78, 5) is 14.3. The van der Waals surface area contributed by atoms with E-state index in [1.807, 2.05) is 23.1 Å². The van der Waals surface area contributed by atoms with Crippen molar-refractivity contribution >= 4 is 18.3 Å². The average Bonchev–Trinajstić information content (AvgIpc) is 2.58. The van der Waals surface area contributed by atoms with Gasteiger partial charge in [0.1, 0.15) is 0 Å². The van der Waals surface area contributed by atoms with Gasteiger partial charge < -0.3 is 15.4 Å². The molecule has 1 atom stereocenters. The normalized spacial score (nSPS) is 17.3. The maximum absolute atomic E-state index is 12.4. The van der Waals surface area contributed by atoms with Crippen LogP contribution < -0.4 is 5.73 Å². The lowest BCUT2D eigenvalue weighted by Gasteiger charge is -2.25. The Morgan fingerprint density at radius 1 is 1.22 bits per heavy atom. The smallest absolute Gasteiger partial charge is 0.222 e. The fourth-order valence-electron chi connectivity index (χ4n) is 2.90. The van der Waals surface area contributed by atoms with Crippen LogP contribution in [0.1, 0.15) is 37.7 Å². The van der Waals surface area contributed by atoms with Crippen molar-refractivity contribution in [1.82, 2.24) is 4.90 Å². The number of rotatable bonds is 8. The molecule has 1 aliphatic rings. The standard InChI is InChI=1S/C18H28N2O2.ClH/c19-12-14-20(13-11-16-6-2-1-3-7-16)18(21)10-9-17-8-4-5-15-22-17;/h1-3,6-7,17H,4-5,8-15,19H2;1H. The number of carbonyl (C=O) groups is 1. The van der Waals surface area contributed by atoms with Crippen LogP contribution in [0.2, 0.25) is 0 Å². The molecule has 4 nitrogen and oxygen atoms in total. The van der Waals surface area contributed by atoms with Gasteiger partial charge in [-0.05, 0) is 37.7 Å². The molecule has 0 aromatic heterocycles. The molecule has 0 bridgehead atoms. The van der Waals surface area contributed by atoms with Crippen molar-refractivity contribution in [3.8, 4) is 0 Å².